The fraction of sp³-hybridized carbons (Fsp3) is 0.385. The van der Waals surface area contributed by atoms with Crippen LogP contribution in [0.3, 0.4) is 0 Å². The zero-order valence-corrected chi connectivity index (χ0v) is 22.7. The van der Waals surface area contributed by atoms with Crippen molar-refractivity contribution in [1.29, 1.82) is 0 Å². The van der Waals surface area contributed by atoms with Crippen molar-refractivity contribution >= 4 is 50.2 Å². The van der Waals surface area contributed by atoms with Gasteiger partial charge in [-0.2, -0.15) is 9.41 Å². The zero-order valence-electron chi connectivity index (χ0n) is 21.1. The molecule has 35 heavy (non-hydrogen) atoms. The van der Waals surface area contributed by atoms with Crippen molar-refractivity contribution in [1.82, 2.24) is 14.3 Å². The molecule has 1 heterocycles. The van der Waals surface area contributed by atoms with Crippen molar-refractivity contribution < 1.29 is 8.42 Å². The van der Waals surface area contributed by atoms with Gasteiger partial charge in [-0.25, -0.2) is 8.42 Å². The number of aryl methyl sites for hydroxylation is 1. The number of hydrogen-bond acceptors (Lipinski definition) is 4. The van der Waals surface area contributed by atoms with Gasteiger partial charge in [0.25, 0.3) is 0 Å². The minimum absolute atomic E-state index is 0.294. The van der Waals surface area contributed by atoms with Crippen LogP contribution in [0.4, 0.5) is 5.69 Å². The molecule has 0 atom stereocenters. The van der Waals surface area contributed by atoms with Crippen LogP contribution in [0.1, 0.15) is 57.6 Å². The molecule has 0 unspecified atom stereocenters. The lowest BCUT2D eigenvalue weighted by molar-refractivity contribution is 0.410. The standard InChI is InChI=1S/C26H35N5O2S2/c1-6-14-31(15-7-2)35(32,33)23-12-13-25-24(16-23)21(18-30(25)5)17-27-29-26(34)28-22-10-8-20(9-11-22)19(3)4/h8-13,16-19H,6-7,14-15H2,1-5H3,(H2,28,29,34)/b27-17+. The van der Waals surface area contributed by atoms with Gasteiger partial charge in [0.15, 0.2) is 5.11 Å². The summed E-state index contributed by atoms with van der Waals surface area (Å²) < 4.78 is 30.0. The summed E-state index contributed by atoms with van der Waals surface area (Å²) in [6, 6.07) is 13.4. The number of hydrogen-bond donors (Lipinski definition) is 2. The Kier molecular flexibility index (Phi) is 9.04. The molecule has 0 aliphatic carbocycles. The van der Waals surface area contributed by atoms with Crippen LogP contribution in [0, 0.1) is 0 Å². The van der Waals surface area contributed by atoms with Crippen LogP contribution >= 0.6 is 12.2 Å². The van der Waals surface area contributed by atoms with Gasteiger partial charge in [-0.1, -0.05) is 39.8 Å². The first-order valence-corrected chi connectivity index (χ1v) is 13.8. The minimum atomic E-state index is -3.57. The van der Waals surface area contributed by atoms with Crippen LogP contribution in [0.25, 0.3) is 10.9 Å². The molecule has 3 rings (SSSR count). The second-order valence-corrected chi connectivity index (χ2v) is 11.2. The van der Waals surface area contributed by atoms with Crippen LogP contribution in [0.5, 0.6) is 0 Å². The highest BCUT2D eigenvalue weighted by molar-refractivity contribution is 7.89. The van der Waals surface area contributed by atoms with Crippen molar-refractivity contribution in [2.45, 2.75) is 51.3 Å². The Labute approximate surface area is 214 Å². The summed E-state index contributed by atoms with van der Waals surface area (Å²) in [6.07, 6.45) is 5.12. The summed E-state index contributed by atoms with van der Waals surface area (Å²) >= 11 is 5.36. The van der Waals surface area contributed by atoms with Gasteiger partial charge in [0.1, 0.15) is 0 Å². The Morgan fingerprint density at radius 2 is 1.77 bits per heavy atom. The van der Waals surface area contributed by atoms with E-state index in [1.807, 2.05) is 49.9 Å². The number of thiocarbonyl (C=S) groups is 1. The number of hydrazone groups is 1. The fourth-order valence-electron chi connectivity index (χ4n) is 3.94. The second-order valence-electron chi connectivity index (χ2n) is 8.88. The Balaban J connectivity index is 1.78. The average molecular weight is 514 g/mol. The molecular formula is C26H35N5O2S2. The molecular weight excluding hydrogens is 478 g/mol. The van der Waals surface area contributed by atoms with Gasteiger partial charge >= 0.3 is 0 Å². The number of benzene rings is 2. The van der Waals surface area contributed by atoms with E-state index in [1.165, 1.54) is 5.56 Å². The second kappa shape index (κ2) is 11.8. The van der Waals surface area contributed by atoms with E-state index in [2.05, 4.69) is 41.8 Å². The summed E-state index contributed by atoms with van der Waals surface area (Å²) in [6.45, 7) is 9.29. The molecule has 0 saturated heterocycles. The quantitative estimate of drug-likeness (QED) is 0.215. The van der Waals surface area contributed by atoms with E-state index in [1.54, 1.807) is 22.7 Å². The normalized spacial score (nSPS) is 12.2. The topological polar surface area (TPSA) is 78.7 Å². The molecule has 2 N–H and O–H groups in total. The van der Waals surface area contributed by atoms with Gasteiger partial charge in [-0.05, 0) is 66.9 Å². The zero-order chi connectivity index (χ0) is 25.6. The molecule has 0 aliphatic heterocycles. The largest absolute Gasteiger partial charge is 0.350 e. The molecule has 0 bridgehead atoms. The van der Waals surface area contributed by atoms with E-state index in [0.29, 0.717) is 29.0 Å². The highest BCUT2D eigenvalue weighted by Gasteiger charge is 2.24. The lowest BCUT2D eigenvalue weighted by atomic mass is 10.0. The first-order chi connectivity index (χ1) is 16.7. The molecule has 0 saturated carbocycles. The number of nitrogens with one attached hydrogen (secondary N) is 2. The Bertz CT molecular complexity index is 1290. The first-order valence-electron chi connectivity index (χ1n) is 12.0. The minimum Gasteiger partial charge on any atom is -0.350 e. The average Bonchev–Trinajstić information content (AvgIpc) is 3.14. The van der Waals surface area contributed by atoms with E-state index in [4.69, 9.17) is 12.2 Å². The summed E-state index contributed by atoms with van der Waals surface area (Å²) in [5.74, 6) is 0.469. The van der Waals surface area contributed by atoms with Crippen LogP contribution in [0.15, 0.2) is 58.7 Å². The maximum atomic E-state index is 13.3. The summed E-state index contributed by atoms with van der Waals surface area (Å²) in [5, 5.41) is 8.59. The third kappa shape index (κ3) is 6.48. The van der Waals surface area contributed by atoms with Crippen molar-refractivity contribution in [2.75, 3.05) is 18.4 Å². The van der Waals surface area contributed by atoms with E-state index >= 15 is 0 Å². The molecule has 2 aromatic carbocycles. The molecule has 0 radical (unpaired) electrons. The molecule has 0 fully saturated rings. The number of aromatic nitrogens is 1. The van der Waals surface area contributed by atoms with Crippen molar-refractivity contribution in [3.63, 3.8) is 0 Å². The van der Waals surface area contributed by atoms with Crippen molar-refractivity contribution in [2.24, 2.45) is 12.1 Å². The highest BCUT2D eigenvalue weighted by Crippen LogP contribution is 2.25. The number of nitrogens with zero attached hydrogens (tertiary/aromatic N) is 3. The van der Waals surface area contributed by atoms with Crippen LogP contribution < -0.4 is 10.7 Å². The molecule has 3 aromatic rings. The van der Waals surface area contributed by atoms with Gasteiger partial charge in [0.2, 0.25) is 10.0 Å². The number of rotatable bonds is 10. The first kappa shape index (κ1) is 26.8. The van der Waals surface area contributed by atoms with Gasteiger partial charge in [-0.15, -0.1) is 0 Å². The monoisotopic (exact) mass is 513 g/mol. The number of sulfonamides is 1. The van der Waals surface area contributed by atoms with Gasteiger partial charge in [0, 0.05) is 48.5 Å². The third-order valence-electron chi connectivity index (χ3n) is 5.78. The predicted octanol–water partition coefficient (Wildman–Crippen LogP) is 5.43. The van der Waals surface area contributed by atoms with Gasteiger partial charge in [-0.3, -0.25) is 5.43 Å². The molecule has 0 amide bonds. The number of fused-ring (bicyclic) bond motifs is 1. The maximum Gasteiger partial charge on any atom is 0.243 e. The molecule has 1 aromatic heterocycles. The van der Waals surface area contributed by atoms with E-state index in [9.17, 15) is 8.42 Å². The fourth-order valence-corrected chi connectivity index (χ4v) is 5.76. The number of anilines is 1. The van der Waals surface area contributed by atoms with Crippen molar-refractivity contribution in [3.05, 3.63) is 59.8 Å². The third-order valence-corrected chi connectivity index (χ3v) is 7.87. The molecule has 0 aliphatic rings. The van der Waals surface area contributed by atoms with E-state index in [-0.39, 0.29) is 0 Å². The molecule has 7 nitrogen and oxygen atoms in total. The Morgan fingerprint density at radius 3 is 2.37 bits per heavy atom. The predicted molar refractivity (Wildman–Crippen MR) is 150 cm³/mol. The van der Waals surface area contributed by atoms with Gasteiger partial charge < -0.3 is 9.88 Å². The van der Waals surface area contributed by atoms with E-state index in [0.717, 1.165) is 35.0 Å². The highest BCUT2D eigenvalue weighted by atomic mass is 32.2. The van der Waals surface area contributed by atoms with Gasteiger partial charge in [0.05, 0.1) is 11.1 Å². The summed E-state index contributed by atoms with van der Waals surface area (Å²) in [5.41, 5.74) is 6.71. The maximum absolute atomic E-state index is 13.3. The van der Waals surface area contributed by atoms with Crippen molar-refractivity contribution in [3.8, 4) is 0 Å². The van der Waals surface area contributed by atoms with Crippen LogP contribution in [-0.2, 0) is 17.1 Å². The Morgan fingerprint density at radius 1 is 1.11 bits per heavy atom. The van der Waals surface area contributed by atoms with Crippen LogP contribution in [0.2, 0.25) is 0 Å². The molecule has 188 valence electrons. The van der Waals surface area contributed by atoms with Crippen LogP contribution in [-0.4, -0.2) is 41.7 Å². The summed E-state index contributed by atoms with van der Waals surface area (Å²) in [7, 11) is -1.64. The lowest BCUT2D eigenvalue weighted by Crippen LogP contribution is -2.32. The molecule has 0 spiro atoms. The smallest absolute Gasteiger partial charge is 0.243 e. The molecule has 9 heteroatoms. The Hall–Kier alpha value is -2.75. The summed E-state index contributed by atoms with van der Waals surface area (Å²) in [4.78, 5) is 0.294. The lowest BCUT2D eigenvalue weighted by Gasteiger charge is -2.21. The SMILES string of the molecule is CCCN(CCC)S(=O)(=O)c1ccc2c(c1)c(/C=N/NC(=S)Nc1ccc(C(C)C)cc1)cn2C. The van der Waals surface area contributed by atoms with E-state index < -0.39 is 10.0 Å².